The van der Waals surface area contributed by atoms with E-state index in [0.29, 0.717) is 36.6 Å². The molecule has 1 aromatic rings. The summed E-state index contributed by atoms with van der Waals surface area (Å²) in [5.41, 5.74) is 0.821. The lowest BCUT2D eigenvalue weighted by molar-refractivity contribution is -0.153. The number of hydrogen-bond donors (Lipinski definition) is 0. The van der Waals surface area contributed by atoms with Crippen LogP contribution in [0.3, 0.4) is 0 Å². The molecule has 2 rings (SSSR count). The normalized spacial score (nSPS) is 20.3. The van der Waals surface area contributed by atoms with Gasteiger partial charge in [-0.15, -0.1) is 0 Å². The van der Waals surface area contributed by atoms with Crippen LogP contribution in [0.25, 0.3) is 0 Å². The molecule has 5 nitrogen and oxygen atoms in total. The number of nitrogens with zero attached hydrogens (tertiary/aromatic N) is 2. The molecule has 1 saturated heterocycles. The Morgan fingerprint density at radius 3 is 3.05 bits per heavy atom. The van der Waals surface area contributed by atoms with Gasteiger partial charge in [0, 0.05) is 18.7 Å². The summed E-state index contributed by atoms with van der Waals surface area (Å²) >= 11 is 11.8. The Bertz CT molecular complexity index is 470. The SMILES string of the molecule is COC(=O)C1COCCN1Cc1ccc(Cl)nc1Cl. The lowest BCUT2D eigenvalue weighted by Crippen LogP contribution is -2.49. The molecule has 0 aliphatic carbocycles. The molecule has 7 heteroatoms. The van der Waals surface area contributed by atoms with E-state index in [4.69, 9.17) is 32.7 Å². The van der Waals surface area contributed by atoms with Crippen molar-refractivity contribution in [1.29, 1.82) is 0 Å². The van der Waals surface area contributed by atoms with Gasteiger partial charge in [-0.2, -0.15) is 0 Å². The minimum absolute atomic E-state index is 0.308. The largest absolute Gasteiger partial charge is 0.468 e. The lowest BCUT2D eigenvalue weighted by Gasteiger charge is -2.33. The Morgan fingerprint density at radius 1 is 1.58 bits per heavy atom. The summed E-state index contributed by atoms with van der Waals surface area (Å²) in [6.45, 7) is 2.04. The standard InChI is InChI=1S/C12H14Cl2N2O3/c1-18-12(17)9-7-19-5-4-16(9)6-8-2-3-10(13)15-11(8)14/h2-3,9H,4-7H2,1H3. The number of esters is 1. The number of carbonyl (C=O) groups excluding carboxylic acids is 1. The Morgan fingerprint density at radius 2 is 2.37 bits per heavy atom. The highest BCUT2D eigenvalue weighted by Crippen LogP contribution is 2.20. The van der Waals surface area contributed by atoms with Gasteiger partial charge in [0.25, 0.3) is 0 Å². The molecule has 1 aliphatic heterocycles. The minimum Gasteiger partial charge on any atom is -0.468 e. The fourth-order valence-electron chi connectivity index (χ4n) is 1.96. The Hall–Kier alpha value is -0.880. The zero-order valence-electron chi connectivity index (χ0n) is 10.4. The fourth-order valence-corrected chi connectivity index (χ4v) is 2.36. The number of ether oxygens (including phenoxy) is 2. The van der Waals surface area contributed by atoms with Crippen LogP contribution < -0.4 is 0 Å². The number of halogens is 2. The maximum absolute atomic E-state index is 11.7. The molecule has 2 heterocycles. The maximum atomic E-state index is 11.7. The van der Waals surface area contributed by atoms with Crippen molar-refractivity contribution in [3.8, 4) is 0 Å². The van der Waals surface area contributed by atoms with Gasteiger partial charge in [0.15, 0.2) is 0 Å². The van der Waals surface area contributed by atoms with Gasteiger partial charge in [-0.25, -0.2) is 4.98 Å². The van der Waals surface area contributed by atoms with Gasteiger partial charge in [-0.05, 0) is 6.07 Å². The van der Waals surface area contributed by atoms with Gasteiger partial charge in [0.2, 0.25) is 0 Å². The summed E-state index contributed by atoms with van der Waals surface area (Å²) < 4.78 is 10.1. The van der Waals surface area contributed by atoms with Gasteiger partial charge in [-0.1, -0.05) is 29.3 Å². The number of methoxy groups -OCH3 is 1. The molecule has 0 N–H and O–H groups in total. The summed E-state index contributed by atoms with van der Waals surface area (Å²) in [5.74, 6) is -0.308. The van der Waals surface area contributed by atoms with E-state index in [1.165, 1.54) is 7.11 Å². The number of aromatic nitrogens is 1. The topological polar surface area (TPSA) is 51.7 Å². The summed E-state index contributed by atoms with van der Waals surface area (Å²) in [4.78, 5) is 17.6. The molecular formula is C12H14Cl2N2O3. The second-order valence-electron chi connectivity index (χ2n) is 4.17. The van der Waals surface area contributed by atoms with E-state index in [9.17, 15) is 4.79 Å². The Labute approximate surface area is 121 Å². The van der Waals surface area contributed by atoms with E-state index >= 15 is 0 Å². The van der Waals surface area contributed by atoms with Crippen LogP contribution in [-0.2, 0) is 20.8 Å². The van der Waals surface area contributed by atoms with E-state index in [2.05, 4.69) is 4.98 Å². The number of morpholine rings is 1. The number of hydrogen-bond acceptors (Lipinski definition) is 5. The first kappa shape index (κ1) is 14.5. The quantitative estimate of drug-likeness (QED) is 0.629. The second-order valence-corrected chi connectivity index (χ2v) is 4.91. The first-order chi connectivity index (χ1) is 9.11. The van der Waals surface area contributed by atoms with Gasteiger partial charge in [-0.3, -0.25) is 9.69 Å². The molecule has 1 unspecified atom stereocenters. The van der Waals surface area contributed by atoms with Gasteiger partial charge in [0.05, 0.1) is 20.3 Å². The van der Waals surface area contributed by atoms with Crippen molar-refractivity contribution < 1.29 is 14.3 Å². The summed E-state index contributed by atoms with van der Waals surface area (Å²) in [6.07, 6.45) is 0. The average molecular weight is 305 g/mol. The first-order valence-electron chi connectivity index (χ1n) is 5.82. The van der Waals surface area contributed by atoms with E-state index in [0.717, 1.165) is 5.56 Å². The van der Waals surface area contributed by atoms with Crippen molar-refractivity contribution in [3.05, 3.63) is 28.0 Å². The van der Waals surface area contributed by atoms with Crippen molar-refractivity contribution in [2.75, 3.05) is 26.9 Å². The molecule has 0 bridgehead atoms. The second kappa shape index (κ2) is 6.52. The molecule has 0 saturated carbocycles. The number of pyridine rings is 1. The summed E-state index contributed by atoms with van der Waals surface area (Å²) in [5, 5.41) is 0.697. The fraction of sp³-hybridized carbons (Fsp3) is 0.500. The van der Waals surface area contributed by atoms with Crippen LogP contribution in [0.15, 0.2) is 12.1 Å². The molecule has 0 radical (unpaired) electrons. The van der Waals surface area contributed by atoms with Crippen molar-refractivity contribution in [2.24, 2.45) is 0 Å². The van der Waals surface area contributed by atoms with Gasteiger partial charge >= 0.3 is 5.97 Å². The maximum Gasteiger partial charge on any atom is 0.325 e. The molecule has 1 aliphatic rings. The van der Waals surface area contributed by atoms with E-state index < -0.39 is 6.04 Å². The van der Waals surface area contributed by atoms with Crippen molar-refractivity contribution in [3.63, 3.8) is 0 Å². The molecule has 104 valence electrons. The Kier molecular flexibility index (Phi) is 4.99. The van der Waals surface area contributed by atoms with E-state index in [-0.39, 0.29) is 5.97 Å². The molecule has 1 atom stereocenters. The molecule has 0 amide bonds. The average Bonchev–Trinajstić information content (AvgIpc) is 2.41. The third-order valence-corrected chi connectivity index (χ3v) is 3.52. The van der Waals surface area contributed by atoms with Crippen LogP contribution in [0, 0.1) is 0 Å². The molecule has 0 spiro atoms. The molecular weight excluding hydrogens is 291 g/mol. The predicted octanol–water partition coefficient (Wildman–Crippen LogP) is 1.76. The highest BCUT2D eigenvalue weighted by molar-refractivity contribution is 6.32. The van der Waals surface area contributed by atoms with Crippen LogP contribution >= 0.6 is 23.2 Å². The molecule has 0 aromatic carbocycles. The zero-order chi connectivity index (χ0) is 13.8. The highest BCUT2D eigenvalue weighted by atomic mass is 35.5. The minimum atomic E-state index is -0.412. The third kappa shape index (κ3) is 3.57. The van der Waals surface area contributed by atoms with Crippen LogP contribution in [0.5, 0.6) is 0 Å². The van der Waals surface area contributed by atoms with Crippen LogP contribution in [0.1, 0.15) is 5.56 Å². The van der Waals surface area contributed by atoms with E-state index in [1.807, 2.05) is 11.0 Å². The Balaban J connectivity index is 2.13. The summed E-state index contributed by atoms with van der Waals surface area (Å²) in [7, 11) is 1.37. The number of rotatable bonds is 3. The van der Waals surface area contributed by atoms with Crippen molar-refractivity contribution in [1.82, 2.24) is 9.88 Å². The zero-order valence-corrected chi connectivity index (χ0v) is 11.9. The summed E-state index contributed by atoms with van der Waals surface area (Å²) in [6, 6.07) is 3.07. The molecule has 1 aromatic heterocycles. The molecule has 19 heavy (non-hydrogen) atoms. The smallest absolute Gasteiger partial charge is 0.325 e. The predicted molar refractivity (Wildman–Crippen MR) is 71.3 cm³/mol. The monoisotopic (exact) mass is 304 g/mol. The first-order valence-corrected chi connectivity index (χ1v) is 6.58. The molecule has 1 fully saturated rings. The van der Waals surface area contributed by atoms with Gasteiger partial charge < -0.3 is 9.47 Å². The lowest BCUT2D eigenvalue weighted by atomic mass is 10.2. The van der Waals surface area contributed by atoms with Gasteiger partial charge in [0.1, 0.15) is 16.3 Å². The van der Waals surface area contributed by atoms with Crippen molar-refractivity contribution in [2.45, 2.75) is 12.6 Å². The van der Waals surface area contributed by atoms with Crippen LogP contribution in [-0.4, -0.2) is 48.8 Å². The van der Waals surface area contributed by atoms with E-state index in [1.54, 1.807) is 6.07 Å². The van der Waals surface area contributed by atoms with Crippen molar-refractivity contribution >= 4 is 29.2 Å². The third-order valence-electron chi connectivity index (χ3n) is 2.98. The van der Waals surface area contributed by atoms with Crippen LogP contribution in [0.2, 0.25) is 10.3 Å². The van der Waals surface area contributed by atoms with Crippen LogP contribution in [0.4, 0.5) is 0 Å². The number of carbonyl (C=O) groups is 1. The highest BCUT2D eigenvalue weighted by Gasteiger charge is 2.30.